The third-order valence-electron chi connectivity index (χ3n) is 4.53. The van der Waals surface area contributed by atoms with Crippen molar-refractivity contribution in [2.75, 3.05) is 18.9 Å². The molecule has 1 fully saturated rings. The van der Waals surface area contributed by atoms with Crippen molar-refractivity contribution in [3.8, 4) is 6.07 Å². The van der Waals surface area contributed by atoms with Gasteiger partial charge in [-0.25, -0.2) is 4.79 Å². The minimum absolute atomic E-state index is 0.383. The van der Waals surface area contributed by atoms with Gasteiger partial charge in [-0.1, -0.05) is 41.7 Å². The summed E-state index contributed by atoms with van der Waals surface area (Å²) in [7, 11) is 0. The predicted molar refractivity (Wildman–Crippen MR) is 108 cm³/mol. The van der Waals surface area contributed by atoms with Gasteiger partial charge in [0.25, 0.3) is 5.91 Å². The zero-order chi connectivity index (χ0) is 19.1. The fraction of sp³-hybridized carbons (Fsp3) is 0.474. The first-order valence-electron chi connectivity index (χ1n) is 8.89. The van der Waals surface area contributed by atoms with Gasteiger partial charge in [-0.15, -0.1) is 0 Å². The number of thioether (sulfide) groups is 2. The standard InChI is InChI=1S/C19H21N3O3S2/c20-13-19(7-3-4-8-19)22-16(23)11-25-17(24)15-6-2-1-5-14(15)12-27-18-21-9-10-26-18/h1-2,5-6H,3-4,7-12H2,(H,22,23). The van der Waals surface area contributed by atoms with Crippen LogP contribution < -0.4 is 5.32 Å². The van der Waals surface area contributed by atoms with E-state index in [4.69, 9.17) is 4.74 Å². The lowest BCUT2D eigenvalue weighted by Crippen LogP contribution is -2.46. The molecule has 0 atom stereocenters. The lowest BCUT2D eigenvalue weighted by atomic mass is 10.00. The highest BCUT2D eigenvalue weighted by molar-refractivity contribution is 8.38. The number of esters is 1. The fourth-order valence-electron chi connectivity index (χ4n) is 3.14. The second-order valence-corrected chi connectivity index (χ2v) is 8.77. The molecule has 27 heavy (non-hydrogen) atoms. The smallest absolute Gasteiger partial charge is 0.338 e. The van der Waals surface area contributed by atoms with Crippen molar-refractivity contribution in [3.05, 3.63) is 35.4 Å². The molecule has 0 spiro atoms. The first-order valence-corrected chi connectivity index (χ1v) is 10.9. The fourth-order valence-corrected chi connectivity index (χ4v) is 5.16. The van der Waals surface area contributed by atoms with E-state index in [9.17, 15) is 14.9 Å². The first-order chi connectivity index (χ1) is 13.1. The van der Waals surface area contributed by atoms with Crippen molar-refractivity contribution in [3.63, 3.8) is 0 Å². The number of rotatable bonds is 6. The second kappa shape index (κ2) is 9.29. The van der Waals surface area contributed by atoms with E-state index in [1.165, 1.54) is 0 Å². The molecule has 1 saturated carbocycles. The molecule has 0 radical (unpaired) electrons. The number of hydrogen-bond donors (Lipinski definition) is 1. The number of nitriles is 1. The number of nitrogens with one attached hydrogen (secondary N) is 1. The van der Waals surface area contributed by atoms with E-state index < -0.39 is 17.4 Å². The van der Waals surface area contributed by atoms with Crippen LogP contribution in [0.4, 0.5) is 0 Å². The summed E-state index contributed by atoms with van der Waals surface area (Å²) < 4.78 is 6.23. The molecule has 0 aromatic heterocycles. The number of aliphatic imine (C=N–C) groups is 1. The Bertz CT molecular complexity index is 783. The van der Waals surface area contributed by atoms with E-state index in [0.717, 1.165) is 35.1 Å². The summed E-state index contributed by atoms with van der Waals surface area (Å²) in [4.78, 5) is 29.0. The highest BCUT2D eigenvalue weighted by atomic mass is 32.2. The molecular weight excluding hydrogens is 382 g/mol. The zero-order valence-corrected chi connectivity index (χ0v) is 16.5. The van der Waals surface area contributed by atoms with Crippen LogP contribution in [0, 0.1) is 11.3 Å². The van der Waals surface area contributed by atoms with Crippen LogP contribution in [0.15, 0.2) is 29.3 Å². The van der Waals surface area contributed by atoms with Crippen molar-refractivity contribution in [1.82, 2.24) is 5.32 Å². The summed E-state index contributed by atoms with van der Waals surface area (Å²) in [5.74, 6) is 0.668. The van der Waals surface area contributed by atoms with Gasteiger partial charge in [0.2, 0.25) is 0 Å². The summed E-state index contributed by atoms with van der Waals surface area (Å²) in [6, 6.07) is 9.42. The summed E-state index contributed by atoms with van der Waals surface area (Å²) in [5, 5.41) is 12.0. The maximum absolute atomic E-state index is 12.4. The molecule has 6 nitrogen and oxygen atoms in total. The first kappa shape index (κ1) is 19.8. The van der Waals surface area contributed by atoms with Gasteiger partial charge < -0.3 is 10.1 Å². The molecule has 1 amide bonds. The second-order valence-electron chi connectivity index (χ2n) is 6.47. The average molecular weight is 404 g/mol. The quantitative estimate of drug-likeness (QED) is 0.734. The van der Waals surface area contributed by atoms with Crippen LogP contribution in [-0.2, 0) is 15.3 Å². The number of ether oxygens (including phenoxy) is 1. The Morgan fingerprint density at radius 1 is 1.33 bits per heavy atom. The largest absolute Gasteiger partial charge is 0.452 e. The van der Waals surface area contributed by atoms with Gasteiger partial charge >= 0.3 is 5.97 Å². The van der Waals surface area contributed by atoms with Crippen LogP contribution in [-0.4, -0.2) is 40.7 Å². The molecule has 142 valence electrons. The molecule has 0 bridgehead atoms. The summed E-state index contributed by atoms with van der Waals surface area (Å²) in [6.07, 6.45) is 3.13. The van der Waals surface area contributed by atoms with Crippen LogP contribution in [0.25, 0.3) is 0 Å². The minimum Gasteiger partial charge on any atom is -0.452 e. The van der Waals surface area contributed by atoms with Crippen LogP contribution in [0.2, 0.25) is 0 Å². The number of carbonyl (C=O) groups is 2. The maximum atomic E-state index is 12.4. The minimum atomic E-state index is -0.808. The molecule has 3 rings (SSSR count). The normalized spacial score (nSPS) is 17.8. The summed E-state index contributed by atoms with van der Waals surface area (Å²) in [5.41, 5.74) is 0.502. The van der Waals surface area contributed by atoms with Crippen LogP contribution in [0.1, 0.15) is 41.6 Å². The third kappa shape index (κ3) is 5.27. The highest BCUT2D eigenvalue weighted by Crippen LogP contribution is 2.29. The van der Waals surface area contributed by atoms with Gasteiger partial charge in [-0.3, -0.25) is 9.79 Å². The van der Waals surface area contributed by atoms with E-state index in [0.29, 0.717) is 24.2 Å². The molecule has 1 aliphatic heterocycles. The Hall–Kier alpha value is -1.98. The van der Waals surface area contributed by atoms with Gasteiger partial charge in [0.15, 0.2) is 6.61 Å². The number of benzene rings is 1. The van der Waals surface area contributed by atoms with E-state index >= 15 is 0 Å². The molecule has 1 N–H and O–H groups in total. The average Bonchev–Trinajstić information content (AvgIpc) is 3.37. The number of hydrogen-bond acceptors (Lipinski definition) is 7. The van der Waals surface area contributed by atoms with E-state index in [-0.39, 0.29) is 6.61 Å². The zero-order valence-electron chi connectivity index (χ0n) is 14.9. The molecule has 8 heteroatoms. The van der Waals surface area contributed by atoms with Gasteiger partial charge in [0.1, 0.15) is 9.91 Å². The predicted octanol–water partition coefficient (Wildman–Crippen LogP) is 3.13. The van der Waals surface area contributed by atoms with Gasteiger partial charge in [-0.2, -0.15) is 5.26 Å². The number of amides is 1. The number of carbonyl (C=O) groups excluding carboxylic acids is 2. The lowest BCUT2D eigenvalue weighted by molar-refractivity contribution is -0.125. The van der Waals surface area contributed by atoms with Gasteiger partial charge in [0, 0.05) is 11.5 Å². The molecule has 0 saturated heterocycles. The van der Waals surface area contributed by atoms with Gasteiger partial charge in [-0.05, 0) is 37.3 Å². The SMILES string of the molecule is N#CC1(NC(=O)COC(=O)c2ccccc2CSC2=NCCS2)CCCC1. The van der Waals surface area contributed by atoms with Crippen LogP contribution >= 0.6 is 23.5 Å². The summed E-state index contributed by atoms with van der Waals surface area (Å²) in [6.45, 7) is 0.461. The Kier molecular flexibility index (Phi) is 6.80. The highest BCUT2D eigenvalue weighted by Gasteiger charge is 2.35. The van der Waals surface area contributed by atoms with E-state index in [1.807, 2.05) is 12.1 Å². The molecule has 1 aliphatic carbocycles. The topological polar surface area (TPSA) is 91.5 Å². The van der Waals surface area contributed by atoms with Crippen molar-refractivity contribution in [2.24, 2.45) is 4.99 Å². The molecular formula is C19H21N3O3S2. The van der Waals surface area contributed by atoms with Crippen molar-refractivity contribution < 1.29 is 14.3 Å². The Balaban J connectivity index is 1.54. The monoisotopic (exact) mass is 403 g/mol. The molecule has 1 aromatic rings. The van der Waals surface area contributed by atoms with E-state index in [1.54, 1.807) is 35.7 Å². The van der Waals surface area contributed by atoms with Crippen LogP contribution in [0.5, 0.6) is 0 Å². The lowest BCUT2D eigenvalue weighted by Gasteiger charge is -2.21. The van der Waals surface area contributed by atoms with Crippen LogP contribution in [0.3, 0.4) is 0 Å². The summed E-state index contributed by atoms with van der Waals surface area (Å²) >= 11 is 3.33. The van der Waals surface area contributed by atoms with Crippen molar-refractivity contribution >= 4 is 39.8 Å². The molecule has 1 aromatic carbocycles. The third-order valence-corrected chi connectivity index (χ3v) is 6.83. The molecule has 0 unspecified atom stereocenters. The molecule has 2 aliphatic rings. The maximum Gasteiger partial charge on any atom is 0.338 e. The Labute approximate surface area is 167 Å². The van der Waals surface area contributed by atoms with E-state index in [2.05, 4.69) is 16.4 Å². The Morgan fingerprint density at radius 3 is 2.81 bits per heavy atom. The van der Waals surface area contributed by atoms with Crippen molar-refractivity contribution in [2.45, 2.75) is 37.0 Å². The molecule has 1 heterocycles. The van der Waals surface area contributed by atoms with Crippen molar-refractivity contribution in [1.29, 1.82) is 5.26 Å². The van der Waals surface area contributed by atoms with Gasteiger partial charge in [0.05, 0.1) is 18.2 Å². The Morgan fingerprint density at radius 2 is 2.11 bits per heavy atom. The number of nitrogens with zero attached hydrogens (tertiary/aromatic N) is 2.